The van der Waals surface area contributed by atoms with Crippen LogP contribution in [0.4, 0.5) is 0 Å². The quantitative estimate of drug-likeness (QED) is 0.384. The van der Waals surface area contributed by atoms with Gasteiger partial charge in [-0.25, -0.2) is 0 Å². The van der Waals surface area contributed by atoms with E-state index in [1.807, 2.05) is 12.4 Å². The number of aromatic nitrogens is 1. The lowest BCUT2D eigenvalue weighted by molar-refractivity contribution is 0.0893. The number of aliphatic imine (C=N–C) groups is 1. The van der Waals surface area contributed by atoms with E-state index < -0.39 is 0 Å². The normalized spacial score (nSPS) is 17.7. The Kier molecular flexibility index (Phi) is 9.29. The summed E-state index contributed by atoms with van der Waals surface area (Å²) in [4.78, 5) is 8.75. The number of rotatable bonds is 10. The highest BCUT2D eigenvalue weighted by Crippen LogP contribution is 2.12. The fraction of sp³-hybridized carbons (Fsp3) is 0.684. The van der Waals surface area contributed by atoms with E-state index in [9.17, 15) is 0 Å². The third-order valence-electron chi connectivity index (χ3n) is 4.26. The molecule has 0 aromatic carbocycles. The van der Waals surface area contributed by atoms with Crippen LogP contribution in [-0.4, -0.2) is 57.0 Å². The molecule has 140 valence electrons. The van der Waals surface area contributed by atoms with E-state index in [-0.39, 0.29) is 0 Å². The maximum atomic E-state index is 5.72. The molecular formula is C19H32N4O2. The number of hydrogen-bond acceptors (Lipinski definition) is 4. The Morgan fingerprint density at radius 2 is 2.36 bits per heavy atom. The Morgan fingerprint density at radius 3 is 3.12 bits per heavy atom. The van der Waals surface area contributed by atoms with Gasteiger partial charge in [-0.15, -0.1) is 0 Å². The zero-order valence-corrected chi connectivity index (χ0v) is 15.6. The van der Waals surface area contributed by atoms with E-state index in [4.69, 9.17) is 9.47 Å². The van der Waals surface area contributed by atoms with Gasteiger partial charge in [0, 0.05) is 51.2 Å². The number of ether oxygens (including phenoxy) is 2. The average molecular weight is 348 g/mol. The second-order valence-electron chi connectivity index (χ2n) is 6.40. The summed E-state index contributed by atoms with van der Waals surface area (Å²) in [5, 5.41) is 6.68. The Hall–Kier alpha value is -1.66. The van der Waals surface area contributed by atoms with Crippen molar-refractivity contribution in [2.75, 3.05) is 46.1 Å². The lowest BCUT2D eigenvalue weighted by Crippen LogP contribution is -2.38. The van der Waals surface area contributed by atoms with Gasteiger partial charge in [-0.3, -0.25) is 9.98 Å². The third-order valence-corrected chi connectivity index (χ3v) is 4.26. The third kappa shape index (κ3) is 7.84. The first-order valence-corrected chi connectivity index (χ1v) is 9.36. The number of pyridine rings is 1. The summed E-state index contributed by atoms with van der Waals surface area (Å²) >= 11 is 0. The smallest absolute Gasteiger partial charge is 0.191 e. The molecule has 25 heavy (non-hydrogen) atoms. The fourth-order valence-electron chi connectivity index (χ4n) is 2.76. The van der Waals surface area contributed by atoms with Crippen molar-refractivity contribution in [1.82, 2.24) is 15.6 Å². The number of nitrogens with one attached hydrogen (secondary N) is 2. The molecule has 0 saturated carbocycles. The molecular weight excluding hydrogens is 316 g/mol. The molecule has 6 heteroatoms. The predicted octanol–water partition coefficient (Wildman–Crippen LogP) is 1.93. The van der Waals surface area contributed by atoms with Gasteiger partial charge >= 0.3 is 0 Å². The molecule has 1 saturated heterocycles. The Morgan fingerprint density at radius 1 is 1.44 bits per heavy atom. The molecule has 1 aliphatic rings. The molecule has 1 unspecified atom stereocenters. The molecule has 1 atom stereocenters. The summed E-state index contributed by atoms with van der Waals surface area (Å²) in [7, 11) is 0. The van der Waals surface area contributed by atoms with Crippen LogP contribution in [0.3, 0.4) is 0 Å². The molecule has 0 spiro atoms. The van der Waals surface area contributed by atoms with Crippen LogP contribution in [0, 0.1) is 12.8 Å². The SMILES string of the molecule is CCNC(=NCCCOCC1CCOC1)NCCc1ccncc1C. The van der Waals surface area contributed by atoms with Crippen molar-refractivity contribution in [3.63, 3.8) is 0 Å². The first kappa shape index (κ1) is 19.7. The second-order valence-corrected chi connectivity index (χ2v) is 6.40. The summed E-state index contributed by atoms with van der Waals surface area (Å²) in [6, 6.07) is 2.08. The van der Waals surface area contributed by atoms with Crippen LogP contribution in [0.5, 0.6) is 0 Å². The topological polar surface area (TPSA) is 67.8 Å². The van der Waals surface area contributed by atoms with Crippen molar-refractivity contribution in [2.24, 2.45) is 10.9 Å². The van der Waals surface area contributed by atoms with E-state index in [1.165, 1.54) is 11.1 Å². The van der Waals surface area contributed by atoms with Gasteiger partial charge < -0.3 is 20.1 Å². The number of nitrogens with zero attached hydrogens (tertiary/aromatic N) is 2. The van der Waals surface area contributed by atoms with Crippen LogP contribution < -0.4 is 10.6 Å². The zero-order valence-electron chi connectivity index (χ0n) is 15.6. The van der Waals surface area contributed by atoms with Gasteiger partial charge in [0.1, 0.15) is 0 Å². The van der Waals surface area contributed by atoms with Gasteiger partial charge in [0.25, 0.3) is 0 Å². The van der Waals surface area contributed by atoms with Crippen LogP contribution in [-0.2, 0) is 15.9 Å². The molecule has 0 amide bonds. The molecule has 2 rings (SSSR count). The van der Waals surface area contributed by atoms with Crippen molar-refractivity contribution in [3.05, 3.63) is 29.6 Å². The summed E-state index contributed by atoms with van der Waals surface area (Å²) in [6.45, 7) is 9.97. The molecule has 1 fully saturated rings. The summed E-state index contributed by atoms with van der Waals surface area (Å²) < 4.78 is 11.1. The number of guanidine groups is 1. The van der Waals surface area contributed by atoms with Crippen molar-refractivity contribution < 1.29 is 9.47 Å². The number of aryl methyl sites for hydroxylation is 1. The van der Waals surface area contributed by atoms with Gasteiger partial charge in [-0.2, -0.15) is 0 Å². The monoisotopic (exact) mass is 348 g/mol. The fourth-order valence-corrected chi connectivity index (χ4v) is 2.76. The molecule has 1 aromatic rings. The largest absolute Gasteiger partial charge is 0.381 e. The zero-order chi connectivity index (χ0) is 17.7. The lowest BCUT2D eigenvalue weighted by atomic mass is 10.1. The molecule has 0 radical (unpaired) electrons. The maximum absolute atomic E-state index is 5.72. The van der Waals surface area contributed by atoms with Crippen molar-refractivity contribution in [1.29, 1.82) is 0 Å². The van der Waals surface area contributed by atoms with Gasteiger partial charge in [0.15, 0.2) is 5.96 Å². The van der Waals surface area contributed by atoms with Crippen LogP contribution in [0.15, 0.2) is 23.5 Å². The van der Waals surface area contributed by atoms with E-state index in [1.54, 1.807) is 0 Å². The maximum Gasteiger partial charge on any atom is 0.191 e. The lowest BCUT2D eigenvalue weighted by Gasteiger charge is -2.12. The van der Waals surface area contributed by atoms with Crippen molar-refractivity contribution in [3.8, 4) is 0 Å². The average Bonchev–Trinajstić information content (AvgIpc) is 3.13. The highest BCUT2D eigenvalue weighted by atomic mass is 16.5. The van der Waals surface area contributed by atoms with Gasteiger partial charge in [-0.1, -0.05) is 0 Å². The van der Waals surface area contributed by atoms with Gasteiger partial charge in [0.2, 0.25) is 0 Å². The predicted molar refractivity (Wildman–Crippen MR) is 101 cm³/mol. The van der Waals surface area contributed by atoms with E-state index in [0.717, 1.165) is 71.3 Å². The molecule has 2 heterocycles. The summed E-state index contributed by atoms with van der Waals surface area (Å²) in [5.41, 5.74) is 2.55. The second kappa shape index (κ2) is 11.8. The molecule has 0 bridgehead atoms. The minimum atomic E-state index is 0.583. The minimum Gasteiger partial charge on any atom is -0.381 e. The van der Waals surface area contributed by atoms with E-state index in [2.05, 4.69) is 40.5 Å². The van der Waals surface area contributed by atoms with Crippen LogP contribution in [0.1, 0.15) is 30.9 Å². The van der Waals surface area contributed by atoms with E-state index >= 15 is 0 Å². The Bertz CT molecular complexity index is 516. The molecule has 1 aliphatic heterocycles. The van der Waals surface area contributed by atoms with Gasteiger partial charge in [-0.05, 0) is 50.3 Å². The van der Waals surface area contributed by atoms with Crippen molar-refractivity contribution >= 4 is 5.96 Å². The molecule has 2 N–H and O–H groups in total. The highest BCUT2D eigenvalue weighted by Gasteiger charge is 2.15. The molecule has 1 aromatic heterocycles. The van der Waals surface area contributed by atoms with Gasteiger partial charge in [0.05, 0.1) is 13.2 Å². The Balaban J connectivity index is 1.61. The highest BCUT2D eigenvalue weighted by molar-refractivity contribution is 5.79. The van der Waals surface area contributed by atoms with Crippen LogP contribution in [0.2, 0.25) is 0 Å². The van der Waals surface area contributed by atoms with Crippen molar-refractivity contribution in [2.45, 2.75) is 33.1 Å². The minimum absolute atomic E-state index is 0.583. The first-order chi connectivity index (χ1) is 12.3. The number of hydrogen-bond donors (Lipinski definition) is 2. The van der Waals surface area contributed by atoms with Crippen LogP contribution in [0.25, 0.3) is 0 Å². The van der Waals surface area contributed by atoms with E-state index in [0.29, 0.717) is 5.92 Å². The summed E-state index contributed by atoms with van der Waals surface area (Å²) in [6.07, 6.45) is 6.79. The van der Waals surface area contributed by atoms with Crippen LogP contribution >= 0.6 is 0 Å². The Labute approximate surface area is 151 Å². The molecule has 0 aliphatic carbocycles. The standard InChI is InChI=1S/C19H32N4O2/c1-3-21-19(23-10-6-18-5-9-20-13-16(18)2)22-8-4-11-24-14-17-7-12-25-15-17/h5,9,13,17H,3-4,6-8,10-12,14-15H2,1-2H3,(H2,21,22,23). The first-order valence-electron chi connectivity index (χ1n) is 9.36. The molecule has 6 nitrogen and oxygen atoms in total. The summed E-state index contributed by atoms with van der Waals surface area (Å²) in [5.74, 6) is 1.46.